The van der Waals surface area contributed by atoms with Gasteiger partial charge in [-0.3, -0.25) is 0 Å². The molecule has 0 bridgehead atoms. The van der Waals surface area contributed by atoms with E-state index in [2.05, 4.69) is 5.10 Å². The van der Waals surface area contributed by atoms with E-state index in [9.17, 15) is 4.39 Å². The number of rotatable bonds is 2. The zero-order valence-corrected chi connectivity index (χ0v) is 9.45. The third-order valence-electron chi connectivity index (χ3n) is 2.29. The van der Waals surface area contributed by atoms with Gasteiger partial charge in [0.15, 0.2) is 0 Å². The Labute approximate surface area is 97.6 Å². The van der Waals surface area contributed by atoms with E-state index in [0.717, 1.165) is 0 Å². The van der Waals surface area contributed by atoms with E-state index in [0.29, 0.717) is 16.3 Å². The quantitative estimate of drug-likeness (QED) is 0.876. The number of halogens is 2. The van der Waals surface area contributed by atoms with Gasteiger partial charge in [-0.1, -0.05) is 23.7 Å². The number of hydrogen-bond acceptors (Lipinski definition) is 2. The van der Waals surface area contributed by atoms with Crippen LogP contribution in [0.3, 0.4) is 0 Å². The number of hydrogen-bond donors (Lipinski definition) is 1. The van der Waals surface area contributed by atoms with E-state index in [4.69, 9.17) is 17.3 Å². The molecule has 0 saturated carbocycles. The van der Waals surface area contributed by atoms with Crippen molar-refractivity contribution in [3.8, 4) is 5.69 Å². The van der Waals surface area contributed by atoms with Crippen molar-refractivity contribution in [2.75, 3.05) is 0 Å². The van der Waals surface area contributed by atoms with Crippen LogP contribution in [0.15, 0.2) is 30.6 Å². The van der Waals surface area contributed by atoms with Crippen LogP contribution < -0.4 is 5.73 Å². The molecule has 0 radical (unpaired) electrons. The SMILES string of the molecule is C[C@@H](N)c1cccc(F)c1-n1cc(Cl)cn1. The van der Waals surface area contributed by atoms with Crippen molar-refractivity contribution >= 4 is 11.6 Å². The lowest BCUT2D eigenvalue weighted by Gasteiger charge is -2.13. The maximum atomic E-state index is 13.7. The summed E-state index contributed by atoms with van der Waals surface area (Å²) < 4.78 is 15.1. The van der Waals surface area contributed by atoms with E-state index in [1.165, 1.54) is 16.9 Å². The largest absolute Gasteiger partial charge is 0.324 e. The van der Waals surface area contributed by atoms with Crippen LogP contribution >= 0.6 is 11.6 Å². The molecule has 0 amide bonds. The summed E-state index contributed by atoms with van der Waals surface area (Å²) in [6, 6.07) is 4.51. The van der Waals surface area contributed by atoms with Gasteiger partial charge < -0.3 is 5.73 Å². The van der Waals surface area contributed by atoms with E-state index in [1.807, 2.05) is 0 Å². The average Bonchev–Trinajstić information content (AvgIpc) is 2.64. The molecular weight excluding hydrogens is 229 g/mol. The highest BCUT2D eigenvalue weighted by Gasteiger charge is 2.14. The molecule has 0 aliphatic heterocycles. The second kappa shape index (κ2) is 4.23. The Morgan fingerprint density at radius 3 is 2.81 bits per heavy atom. The molecule has 2 aromatic rings. The lowest BCUT2D eigenvalue weighted by molar-refractivity contribution is 0.603. The number of nitrogens with zero attached hydrogens (tertiary/aromatic N) is 2. The van der Waals surface area contributed by atoms with Crippen molar-refractivity contribution in [1.29, 1.82) is 0 Å². The molecule has 0 saturated heterocycles. The Morgan fingerprint density at radius 1 is 1.50 bits per heavy atom. The first-order valence-corrected chi connectivity index (χ1v) is 5.22. The van der Waals surface area contributed by atoms with Gasteiger partial charge in [0.2, 0.25) is 0 Å². The Kier molecular flexibility index (Phi) is 2.94. The molecule has 3 nitrogen and oxygen atoms in total. The molecule has 1 aromatic heterocycles. The predicted molar refractivity (Wildman–Crippen MR) is 61.1 cm³/mol. The topological polar surface area (TPSA) is 43.8 Å². The van der Waals surface area contributed by atoms with Gasteiger partial charge in [-0.05, 0) is 18.6 Å². The molecule has 1 aromatic carbocycles. The fraction of sp³-hybridized carbons (Fsp3) is 0.182. The smallest absolute Gasteiger partial charge is 0.149 e. The van der Waals surface area contributed by atoms with Gasteiger partial charge in [-0.15, -0.1) is 0 Å². The summed E-state index contributed by atoms with van der Waals surface area (Å²) in [4.78, 5) is 0. The molecule has 0 fully saturated rings. The Bertz CT molecular complexity index is 508. The maximum absolute atomic E-state index is 13.7. The van der Waals surface area contributed by atoms with Crippen molar-refractivity contribution in [2.45, 2.75) is 13.0 Å². The minimum absolute atomic E-state index is 0.270. The first kappa shape index (κ1) is 11.1. The van der Waals surface area contributed by atoms with Crippen LogP contribution in [-0.2, 0) is 0 Å². The van der Waals surface area contributed by atoms with E-state index in [1.54, 1.807) is 25.3 Å². The second-order valence-electron chi connectivity index (χ2n) is 3.57. The molecule has 0 aliphatic carbocycles. The number of benzene rings is 1. The standard InChI is InChI=1S/C11H11ClFN3/c1-7(14)9-3-2-4-10(13)11(9)16-6-8(12)5-15-16/h2-7H,14H2,1H3/t7-/m1/s1. The third kappa shape index (κ3) is 1.94. The van der Waals surface area contributed by atoms with Crippen molar-refractivity contribution in [3.05, 3.63) is 47.0 Å². The first-order chi connectivity index (χ1) is 7.59. The average molecular weight is 240 g/mol. The monoisotopic (exact) mass is 239 g/mol. The van der Waals surface area contributed by atoms with Gasteiger partial charge in [0.1, 0.15) is 11.5 Å². The molecule has 2 rings (SSSR count). The number of para-hydroxylation sites is 1. The second-order valence-corrected chi connectivity index (χ2v) is 4.01. The molecule has 5 heteroatoms. The summed E-state index contributed by atoms with van der Waals surface area (Å²) in [5.41, 5.74) is 6.83. The van der Waals surface area contributed by atoms with Crippen LogP contribution in [0.25, 0.3) is 5.69 Å². The van der Waals surface area contributed by atoms with Crippen LogP contribution in [-0.4, -0.2) is 9.78 Å². The molecular formula is C11H11ClFN3. The lowest BCUT2D eigenvalue weighted by atomic mass is 10.1. The summed E-state index contributed by atoms with van der Waals surface area (Å²) in [7, 11) is 0. The highest BCUT2D eigenvalue weighted by Crippen LogP contribution is 2.23. The van der Waals surface area contributed by atoms with E-state index in [-0.39, 0.29) is 11.9 Å². The molecule has 2 N–H and O–H groups in total. The Balaban J connectivity index is 2.62. The molecule has 1 atom stereocenters. The number of nitrogens with two attached hydrogens (primary N) is 1. The summed E-state index contributed by atoms with van der Waals surface area (Å²) >= 11 is 5.76. The Hall–Kier alpha value is -1.39. The summed E-state index contributed by atoms with van der Waals surface area (Å²) in [5, 5.41) is 4.44. The van der Waals surface area contributed by atoms with Crippen molar-refractivity contribution in [2.24, 2.45) is 5.73 Å². The molecule has 0 spiro atoms. The van der Waals surface area contributed by atoms with Crippen LogP contribution in [0.2, 0.25) is 5.02 Å². The van der Waals surface area contributed by atoms with Crippen LogP contribution in [0.5, 0.6) is 0 Å². The normalized spacial score (nSPS) is 12.8. The summed E-state index contributed by atoms with van der Waals surface area (Å²) in [6.45, 7) is 1.80. The Morgan fingerprint density at radius 2 is 2.25 bits per heavy atom. The molecule has 0 aliphatic rings. The minimum atomic E-state index is -0.366. The summed E-state index contributed by atoms with van der Waals surface area (Å²) in [6.07, 6.45) is 3.00. The summed E-state index contributed by atoms with van der Waals surface area (Å²) in [5.74, 6) is -0.366. The van der Waals surface area contributed by atoms with Crippen LogP contribution in [0.4, 0.5) is 4.39 Å². The molecule has 0 unspecified atom stereocenters. The van der Waals surface area contributed by atoms with Crippen LogP contribution in [0.1, 0.15) is 18.5 Å². The van der Waals surface area contributed by atoms with Crippen LogP contribution in [0, 0.1) is 5.82 Å². The highest BCUT2D eigenvalue weighted by molar-refractivity contribution is 6.30. The minimum Gasteiger partial charge on any atom is -0.324 e. The third-order valence-corrected chi connectivity index (χ3v) is 2.48. The predicted octanol–water partition coefficient (Wildman–Crippen LogP) is 2.68. The maximum Gasteiger partial charge on any atom is 0.149 e. The first-order valence-electron chi connectivity index (χ1n) is 4.84. The zero-order valence-electron chi connectivity index (χ0n) is 8.69. The molecule has 84 valence electrons. The van der Waals surface area contributed by atoms with Gasteiger partial charge in [0.25, 0.3) is 0 Å². The lowest BCUT2D eigenvalue weighted by Crippen LogP contribution is -2.11. The van der Waals surface area contributed by atoms with Gasteiger partial charge in [0, 0.05) is 12.2 Å². The van der Waals surface area contributed by atoms with E-state index >= 15 is 0 Å². The van der Waals surface area contributed by atoms with Crippen molar-refractivity contribution < 1.29 is 4.39 Å². The molecule has 16 heavy (non-hydrogen) atoms. The van der Waals surface area contributed by atoms with Crippen molar-refractivity contribution in [3.63, 3.8) is 0 Å². The number of aromatic nitrogens is 2. The molecule has 1 heterocycles. The van der Waals surface area contributed by atoms with Gasteiger partial charge in [-0.2, -0.15) is 5.10 Å². The fourth-order valence-electron chi connectivity index (χ4n) is 1.56. The van der Waals surface area contributed by atoms with Gasteiger partial charge >= 0.3 is 0 Å². The fourth-order valence-corrected chi connectivity index (χ4v) is 1.70. The van der Waals surface area contributed by atoms with Crippen molar-refractivity contribution in [1.82, 2.24) is 9.78 Å². The highest BCUT2D eigenvalue weighted by atomic mass is 35.5. The van der Waals surface area contributed by atoms with Gasteiger partial charge in [-0.25, -0.2) is 9.07 Å². The van der Waals surface area contributed by atoms with E-state index < -0.39 is 0 Å². The van der Waals surface area contributed by atoms with Gasteiger partial charge in [0.05, 0.1) is 11.2 Å². The zero-order chi connectivity index (χ0) is 11.7.